The van der Waals surface area contributed by atoms with Gasteiger partial charge in [0.05, 0.1) is 5.56 Å². The summed E-state index contributed by atoms with van der Waals surface area (Å²) in [5.41, 5.74) is -3.16. The number of fused-ring (bicyclic) bond motifs is 1. The van der Waals surface area contributed by atoms with E-state index in [0.717, 1.165) is 13.2 Å². The van der Waals surface area contributed by atoms with Crippen LogP contribution >= 0.6 is 45.8 Å². The molecular weight excluding hydrogens is 493 g/mol. The minimum absolute atomic E-state index is 0.0315. The van der Waals surface area contributed by atoms with Gasteiger partial charge in [-0.25, -0.2) is 0 Å². The van der Waals surface area contributed by atoms with E-state index < -0.39 is 23.2 Å². The first-order chi connectivity index (χ1) is 11.6. The molecule has 1 N–H and O–H groups in total. The van der Waals surface area contributed by atoms with Crippen LogP contribution < -0.4 is 5.32 Å². The molecule has 3 rings (SSSR count). The second-order valence-electron chi connectivity index (χ2n) is 5.34. The van der Waals surface area contributed by atoms with Crippen LogP contribution in [-0.4, -0.2) is 13.0 Å². The zero-order valence-corrected chi connectivity index (χ0v) is 16.1. The van der Waals surface area contributed by atoms with E-state index in [1.807, 2.05) is 0 Å². The second-order valence-corrected chi connectivity index (χ2v) is 7.43. The maximum Gasteiger partial charge on any atom is 0.416 e. The summed E-state index contributed by atoms with van der Waals surface area (Å²) in [4.78, 5) is 12.7. The van der Waals surface area contributed by atoms with Crippen molar-refractivity contribution in [3.05, 3.63) is 60.6 Å². The van der Waals surface area contributed by atoms with Crippen LogP contribution in [0.5, 0.6) is 0 Å². The van der Waals surface area contributed by atoms with E-state index in [2.05, 4.69) is 5.32 Å². The first kappa shape index (κ1) is 18.8. The molecule has 2 aromatic carbocycles. The number of nitrogens with one attached hydrogen (secondary N) is 1. The van der Waals surface area contributed by atoms with Gasteiger partial charge in [-0.05, 0) is 46.9 Å². The molecule has 3 nitrogen and oxygen atoms in total. The molecule has 1 amide bonds. The van der Waals surface area contributed by atoms with Gasteiger partial charge < -0.3 is 10.1 Å². The van der Waals surface area contributed by atoms with Gasteiger partial charge in [0.2, 0.25) is 5.60 Å². The quantitative estimate of drug-likeness (QED) is 0.555. The average molecular weight is 502 g/mol. The molecule has 25 heavy (non-hydrogen) atoms. The molecule has 1 unspecified atom stereocenters. The highest BCUT2D eigenvalue weighted by molar-refractivity contribution is 14.1. The van der Waals surface area contributed by atoms with Gasteiger partial charge in [-0.15, -0.1) is 0 Å². The first-order valence-corrected chi connectivity index (χ1v) is 8.68. The van der Waals surface area contributed by atoms with E-state index >= 15 is 0 Å². The third-order valence-electron chi connectivity index (χ3n) is 3.95. The lowest BCUT2D eigenvalue weighted by molar-refractivity contribution is -0.143. The fourth-order valence-electron chi connectivity index (χ4n) is 2.97. The number of methoxy groups -OCH3 is 1. The Hall–Kier alpha value is -1.03. The third kappa shape index (κ3) is 2.90. The maximum absolute atomic E-state index is 13.7. The highest BCUT2D eigenvalue weighted by Crippen LogP contribution is 2.51. The van der Waals surface area contributed by atoms with E-state index in [-0.39, 0.29) is 26.9 Å². The van der Waals surface area contributed by atoms with E-state index in [9.17, 15) is 18.0 Å². The monoisotopic (exact) mass is 501 g/mol. The summed E-state index contributed by atoms with van der Waals surface area (Å²) in [5, 5.41) is 2.79. The molecule has 132 valence electrons. The van der Waals surface area contributed by atoms with Crippen molar-refractivity contribution in [3.8, 4) is 0 Å². The van der Waals surface area contributed by atoms with Crippen LogP contribution in [0.2, 0.25) is 10.0 Å². The molecule has 0 saturated heterocycles. The molecule has 0 radical (unpaired) electrons. The second kappa shape index (κ2) is 6.29. The fourth-order valence-corrected chi connectivity index (χ4v) is 4.13. The van der Waals surface area contributed by atoms with Crippen LogP contribution in [0.4, 0.5) is 18.9 Å². The lowest BCUT2D eigenvalue weighted by Gasteiger charge is -2.29. The number of amides is 1. The van der Waals surface area contributed by atoms with E-state index in [0.29, 0.717) is 3.57 Å². The van der Waals surface area contributed by atoms with Gasteiger partial charge in [-0.2, -0.15) is 13.2 Å². The van der Waals surface area contributed by atoms with Gasteiger partial charge in [0.1, 0.15) is 0 Å². The Morgan fingerprint density at radius 1 is 1.20 bits per heavy atom. The Kier molecular flexibility index (Phi) is 4.72. The van der Waals surface area contributed by atoms with E-state index in [4.69, 9.17) is 27.9 Å². The van der Waals surface area contributed by atoms with E-state index in [1.165, 1.54) is 24.3 Å². The van der Waals surface area contributed by atoms with Gasteiger partial charge >= 0.3 is 6.18 Å². The SMILES string of the molecule is COC1(c2ccc(Cl)cc2Cl)C(=O)Nc2cc(I)cc(C(F)(F)F)c21. The minimum atomic E-state index is -4.68. The summed E-state index contributed by atoms with van der Waals surface area (Å²) in [7, 11) is 1.16. The molecule has 1 atom stereocenters. The topological polar surface area (TPSA) is 38.3 Å². The third-order valence-corrected chi connectivity index (χ3v) is 5.12. The van der Waals surface area contributed by atoms with E-state index in [1.54, 1.807) is 22.6 Å². The normalized spacial score (nSPS) is 19.7. The number of rotatable bonds is 2. The van der Waals surface area contributed by atoms with Gasteiger partial charge in [-0.3, -0.25) is 4.79 Å². The smallest absolute Gasteiger partial charge is 0.359 e. The summed E-state index contributed by atoms with van der Waals surface area (Å²) in [6.45, 7) is 0. The molecule has 0 aromatic heterocycles. The number of carbonyl (C=O) groups excluding carboxylic acids is 1. The number of ether oxygens (including phenoxy) is 1. The van der Waals surface area contributed by atoms with Gasteiger partial charge in [0, 0.05) is 37.5 Å². The Morgan fingerprint density at radius 3 is 2.44 bits per heavy atom. The zero-order chi connectivity index (χ0) is 18.6. The van der Waals surface area contributed by atoms with Crippen LogP contribution in [0.3, 0.4) is 0 Å². The number of alkyl halides is 3. The van der Waals surface area contributed by atoms with Crippen LogP contribution in [0.15, 0.2) is 30.3 Å². The molecule has 0 aliphatic carbocycles. The minimum Gasteiger partial charge on any atom is -0.359 e. The molecular formula is C16H9Cl2F3INO2. The Morgan fingerprint density at radius 2 is 1.88 bits per heavy atom. The van der Waals surface area contributed by atoms with Crippen molar-refractivity contribution in [2.24, 2.45) is 0 Å². The molecule has 1 aliphatic rings. The molecule has 0 bridgehead atoms. The summed E-state index contributed by atoms with van der Waals surface area (Å²) < 4.78 is 46.7. The molecule has 9 heteroatoms. The number of halogens is 6. The molecule has 0 spiro atoms. The molecule has 0 fully saturated rings. The van der Waals surface area contributed by atoms with Gasteiger partial charge in [0.25, 0.3) is 5.91 Å². The van der Waals surface area contributed by atoms with Gasteiger partial charge in [0.15, 0.2) is 0 Å². The van der Waals surface area contributed by atoms with Crippen LogP contribution in [0.1, 0.15) is 16.7 Å². The Balaban J connectivity index is 2.41. The van der Waals surface area contributed by atoms with Crippen LogP contribution in [0, 0.1) is 3.57 Å². The van der Waals surface area contributed by atoms with Crippen molar-refractivity contribution in [2.45, 2.75) is 11.8 Å². The number of benzene rings is 2. The number of carbonyl (C=O) groups is 1. The van der Waals surface area contributed by atoms with Crippen molar-refractivity contribution in [1.82, 2.24) is 0 Å². The summed E-state index contributed by atoms with van der Waals surface area (Å²) in [5.74, 6) is -0.748. The Labute approximate surface area is 164 Å². The number of hydrogen-bond acceptors (Lipinski definition) is 2. The lowest BCUT2D eigenvalue weighted by atomic mass is 9.84. The Bertz CT molecular complexity index is 888. The average Bonchev–Trinajstić information content (AvgIpc) is 2.77. The standard InChI is InChI=1S/C16H9Cl2F3INO2/c1-25-15(9-3-2-7(17)4-11(9)18)13-10(16(19,20)21)5-8(22)6-12(13)23-14(15)24/h2-6H,1H3,(H,23,24). The zero-order valence-electron chi connectivity index (χ0n) is 12.5. The summed E-state index contributed by atoms with van der Waals surface area (Å²) in [6.07, 6.45) is -4.68. The number of anilines is 1. The van der Waals surface area contributed by atoms with Crippen molar-refractivity contribution in [3.63, 3.8) is 0 Å². The summed E-state index contributed by atoms with van der Waals surface area (Å²) in [6, 6.07) is 6.60. The predicted octanol–water partition coefficient (Wildman–Crippen LogP) is 5.46. The molecule has 0 saturated carbocycles. The molecule has 1 heterocycles. The predicted molar refractivity (Wildman–Crippen MR) is 97.0 cm³/mol. The maximum atomic E-state index is 13.7. The fraction of sp³-hybridized carbons (Fsp3) is 0.188. The largest absolute Gasteiger partial charge is 0.416 e. The van der Waals surface area contributed by atoms with Crippen molar-refractivity contribution >= 4 is 57.4 Å². The van der Waals surface area contributed by atoms with Crippen molar-refractivity contribution < 1.29 is 22.7 Å². The summed E-state index contributed by atoms with van der Waals surface area (Å²) >= 11 is 13.8. The van der Waals surface area contributed by atoms with Crippen LogP contribution in [0.25, 0.3) is 0 Å². The molecule has 1 aliphatic heterocycles. The lowest BCUT2D eigenvalue weighted by Crippen LogP contribution is -2.39. The first-order valence-electron chi connectivity index (χ1n) is 6.84. The van der Waals surface area contributed by atoms with Crippen molar-refractivity contribution in [2.75, 3.05) is 12.4 Å². The van der Waals surface area contributed by atoms with Gasteiger partial charge in [-0.1, -0.05) is 29.3 Å². The van der Waals surface area contributed by atoms with Crippen LogP contribution in [-0.2, 0) is 21.3 Å². The molecule has 2 aromatic rings. The number of hydrogen-bond donors (Lipinski definition) is 1. The van der Waals surface area contributed by atoms with Crippen molar-refractivity contribution in [1.29, 1.82) is 0 Å². The highest BCUT2D eigenvalue weighted by atomic mass is 127. The highest BCUT2D eigenvalue weighted by Gasteiger charge is 2.55.